The van der Waals surface area contributed by atoms with Crippen molar-refractivity contribution in [1.29, 1.82) is 0 Å². The third-order valence-corrected chi connectivity index (χ3v) is 8.34. The number of hydrogen-bond donors (Lipinski definition) is 0. The number of carbonyl (C=O) groups excluding carboxylic acids is 2. The quantitative estimate of drug-likeness (QED) is 0.222. The Morgan fingerprint density at radius 1 is 0.775 bits per heavy atom. The van der Waals surface area contributed by atoms with Crippen LogP contribution < -0.4 is 9.91 Å². The third kappa shape index (κ3) is 3.06. The molecular formula is C29H20N6O5. The molecule has 4 aliphatic heterocycles. The summed E-state index contributed by atoms with van der Waals surface area (Å²) in [4.78, 5) is 48.7. The Morgan fingerprint density at radius 2 is 1.45 bits per heavy atom. The Kier molecular flexibility index (Phi) is 4.72. The van der Waals surface area contributed by atoms with Gasteiger partial charge in [-0.05, 0) is 36.4 Å². The maximum atomic E-state index is 13.8. The SMILES string of the molecule is O=C1C2C3OC(C2C(=O)N1c1ccc([N+](=O)[O-])cc1)C1C3C(c2cnc3ccccc3n2)=NN1c1ccccc1. The topological polar surface area (TPSA) is 131 Å². The number of nitro benzene ring substituents is 1. The van der Waals surface area contributed by atoms with E-state index in [4.69, 9.17) is 14.8 Å². The van der Waals surface area contributed by atoms with Gasteiger partial charge in [-0.25, -0.2) is 9.88 Å². The van der Waals surface area contributed by atoms with Gasteiger partial charge in [0.1, 0.15) is 5.69 Å². The normalized spacial score (nSPS) is 28.2. The van der Waals surface area contributed by atoms with Crippen molar-refractivity contribution in [3.05, 3.63) is 101 Å². The molecule has 0 spiro atoms. The van der Waals surface area contributed by atoms with Crippen LogP contribution in [0.25, 0.3) is 11.0 Å². The van der Waals surface area contributed by atoms with Gasteiger partial charge >= 0.3 is 0 Å². The fraction of sp³-hybridized carbons (Fsp3) is 0.207. The van der Waals surface area contributed by atoms with Gasteiger partial charge in [0, 0.05) is 12.1 Å². The zero-order valence-corrected chi connectivity index (χ0v) is 20.8. The minimum Gasteiger partial charge on any atom is -0.370 e. The Labute approximate surface area is 226 Å². The van der Waals surface area contributed by atoms with Crippen molar-refractivity contribution >= 4 is 45.6 Å². The summed E-state index contributed by atoms with van der Waals surface area (Å²) in [7, 11) is 0. The minimum absolute atomic E-state index is 0.114. The molecule has 1 aromatic heterocycles. The molecule has 40 heavy (non-hydrogen) atoms. The Hall–Kier alpha value is -5.03. The van der Waals surface area contributed by atoms with Crippen LogP contribution in [0, 0.1) is 27.9 Å². The van der Waals surface area contributed by atoms with Crippen LogP contribution in [0.1, 0.15) is 5.69 Å². The molecular weight excluding hydrogens is 512 g/mol. The molecule has 4 aromatic rings. The second kappa shape index (κ2) is 8.23. The highest BCUT2D eigenvalue weighted by Crippen LogP contribution is 2.56. The lowest BCUT2D eigenvalue weighted by Gasteiger charge is -2.32. The summed E-state index contributed by atoms with van der Waals surface area (Å²) in [6.45, 7) is 0. The molecule has 6 atom stereocenters. The minimum atomic E-state index is -0.691. The fourth-order valence-corrected chi connectivity index (χ4v) is 6.70. The summed E-state index contributed by atoms with van der Waals surface area (Å²) >= 11 is 0. The number of non-ortho nitro benzene ring substituents is 1. The molecule has 3 aromatic carbocycles. The van der Waals surface area contributed by atoms with Crippen LogP contribution >= 0.6 is 0 Å². The number of nitrogens with zero attached hydrogens (tertiary/aromatic N) is 6. The van der Waals surface area contributed by atoms with Crippen molar-refractivity contribution in [2.75, 3.05) is 9.91 Å². The summed E-state index contributed by atoms with van der Waals surface area (Å²) in [5.74, 6) is -2.41. The smallest absolute Gasteiger partial charge is 0.269 e. The second-order valence-electron chi connectivity index (χ2n) is 10.3. The van der Waals surface area contributed by atoms with Crippen LogP contribution in [0.3, 0.4) is 0 Å². The lowest BCUT2D eigenvalue weighted by Crippen LogP contribution is -2.50. The average molecular weight is 533 g/mol. The van der Waals surface area contributed by atoms with E-state index < -0.39 is 29.0 Å². The van der Waals surface area contributed by atoms with Crippen LogP contribution in [0.4, 0.5) is 17.1 Å². The van der Waals surface area contributed by atoms with Crippen LogP contribution in [0.2, 0.25) is 0 Å². The van der Waals surface area contributed by atoms with E-state index >= 15 is 0 Å². The number of aromatic nitrogens is 2. The number of rotatable bonds is 4. The van der Waals surface area contributed by atoms with Gasteiger partial charge < -0.3 is 4.74 Å². The van der Waals surface area contributed by atoms with E-state index in [2.05, 4.69) is 4.98 Å². The fourth-order valence-electron chi connectivity index (χ4n) is 6.70. The van der Waals surface area contributed by atoms with E-state index in [1.807, 2.05) is 59.6 Å². The maximum Gasteiger partial charge on any atom is 0.269 e. The lowest BCUT2D eigenvalue weighted by molar-refractivity contribution is -0.384. The number of anilines is 2. The predicted octanol–water partition coefficient (Wildman–Crippen LogP) is 3.33. The first-order valence-corrected chi connectivity index (χ1v) is 12.9. The third-order valence-electron chi connectivity index (χ3n) is 8.34. The van der Waals surface area contributed by atoms with Gasteiger partial charge in [-0.2, -0.15) is 5.10 Å². The van der Waals surface area contributed by atoms with Crippen molar-refractivity contribution in [3.63, 3.8) is 0 Å². The summed E-state index contributed by atoms with van der Waals surface area (Å²) in [5.41, 5.74) is 3.82. The molecule has 196 valence electrons. The summed E-state index contributed by atoms with van der Waals surface area (Å²) in [6, 6.07) is 22.4. The molecule has 11 heteroatoms. The molecule has 2 amide bonds. The van der Waals surface area contributed by atoms with Crippen molar-refractivity contribution in [1.82, 2.24) is 9.97 Å². The van der Waals surface area contributed by atoms with Gasteiger partial charge in [0.25, 0.3) is 5.69 Å². The van der Waals surface area contributed by atoms with E-state index in [1.54, 1.807) is 6.20 Å². The number of hydrazone groups is 1. The lowest BCUT2D eigenvalue weighted by atomic mass is 9.70. The van der Waals surface area contributed by atoms with Crippen molar-refractivity contribution in [2.24, 2.45) is 22.9 Å². The summed E-state index contributed by atoms with van der Waals surface area (Å²) in [5, 5.41) is 18.0. The van der Waals surface area contributed by atoms with E-state index in [0.717, 1.165) is 21.6 Å². The molecule has 0 radical (unpaired) electrons. The number of para-hydroxylation sites is 3. The van der Waals surface area contributed by atoms with E-state index in [9.17, 15) is 19.7 Å². The first-order valence-electron chi connectivity index (χ1n) is 12.9. The van der Waals surface area contributed by atoms with Gasteiger partial charge in [0.05, 0.1) is 75.2 Å². The van der Waals surface area contributed by atoms with Crippen LogP contribution in [0.15, 0.2) is 90.2 Å². The number of fused-ring (bicyclic) bond motifs is 9. The van der Waals surface area contributed by atoms with Gasteiger partial charge in [-0.3, -0.25) is 29.7 Å². The number of imide groups is 1. The average Bonchev–Trinajstić information content (AvgIpc) is 3.72. The molecule has 5 heterocycles. The van der Waals surface area contributed by atoms with Gasteiger partial charge in [0.15, 0.2) is 0 Å². The number of carbonyl (C=O) groups is 2. The Bertz CT molecular complexity index is 1760. The van der Waals surface area contributed by atoms with Gasteiger partial charge in [-0.1, -0.05) is 30.3 Å². The molecule has 3 saturated heterocycles. The Morgan fingerprint density at radius 3 is 2.17 bits per heavy atom. The molecule has 11 nitrogen and oxygen atoms in total. The first kappa shape index (κ1) is 22.9. The highest BCUT2D eigenvalue weighted by molar-refractivity contribution is 6.23. The number of nitro groups is 1. The van der Waals surface area contributed by atoms with E-state index in [-0.39, 0.29) is 29.5 Å². The molecule has 0 saturated carbocycles. The van der Waals surface area contributed by atoms with Crippen LogP contribution in [-0.2, 0) is 14.3 Å². The zero-order valence-electron chi connectivity index (χ0n) is 20.8. The predicted molar refractivity (Wildman–Crippen MR) is 144 cm³/mol. The first-order chi connectivity index (χ1) is 19.5. The molecule has 8 rings (SSSR count). The van der Waals surface area contributed by atoms with Gasteiger partial charge in [0.2, 0.25) is 11.8 Å². The zero-order chi connectivity index (χ0) is 27.1. The molecule has 2 bridgehead atoms. The van der Waals surface area contributed by atoms with E-state index in [1.165, 1.54) is 24.3 Å². The highest BCUT2D eigenvalue weighted by Gasteiger charge is 2.72. The highest BCUT2D eigenvalue weighted by atomic mass is 16.6. The molecule has 3 fully saturated rings. The molecule has 6 unspecified atom stereocenters. The number of hydrogen-bond acceptors (Lipinski definition) is 9. The van der Waals surface area contributed by atoms with Crippen molar-refractivity contribution in [2.45, 2.75) is 18.2 Å². The Balaban J connectivity index is 1.21. The number of ether oxygens (including phenoxy) is 1. The van der Waals surface area contributed by atoms with E-state index in [0.29, 0.717) is 17.1 Å². The summed E-state index contributed by atoms with van der Waals surface area (Å²) < 4.78 is 6.44. The molecule has 4 aliphatic rings. The molecule has 0 N–H and O–H groups in total. The van der Waals surface area contributed by atoms with Crippen molar-refractivity contribution in [3.8, 4) is 0 Å². The maximum absolute atomic E-state index is 13.8. The molecule has 0 aliphatic carbocycles. The van der Waals surface area contributed by atoms with Crippen molar-refractivity contribution < 1.29 is 19.2 Å². The largest absolute Gasteiger partial charge is 0.370 e. The monoisotopic (exact) mass is 532 g/mol. The summed E-state index contributed by atoms with van der Waals surface area (Å²) in [6.07, 6.45) is 0.538. The van der Waals surface area contributed by atoms with Crippen LogP contribution in [-0.4, -0.2) is 50.7 Å². The number of benzene rings is 3. The van der Waals surface area contributed by atoms with Gasteiger partial charge in [-0.15, -0.1) is 0 Å². The second-order valence-corrected chi connectivity index (χ2v) is 10.3. The standard InChI is InChI=1S/C29H20N6O5/c36-28-21-22(29(37)33(28)15-10-12-17(13-11-15)35(38)39)27-25-23(26(21)40-27)24(32-34(25)16-6-2-1-3-7-16)20-14-30-18-8-4-5-9-19(18)31-20/h1-14,21-23,25-27H. The van der Waals surface area contributed by atoms with Crippen LogP contribution in [0.5, 0.6) is 0 Å². The number of amides is 2.